The number of phenolic OH excluding ortho intramolecular Hbond substituents is 1. The Morgan fingerprint density at radius 3 is 2.63 bits per heavy atom. The Kier molecular flexibility index (Phi) is 6.13. The van der Waals surface area contributed by atoms with Crippen molar-refractivity contribution in [1.82, 2.24) is 5.32 Å². The van der Waals surface area contributed by atoms with Crippen LogP contribution in [0.25, 0.3) is 0 Å². The molecule has 0 aromatic heterocycles. The van der Waals surface area contributed by atoms with Crippen LogP contribution in [-0.4, -0.2) is 24.4 Å². The lowest BCUT2D eigenvalue weighted by atomic mass is 10.1. The van der Waals surface area contributed by atoms with E-state index in [2.05, 4.69) is 37.2 Å². The van der Waals surface area contributed by atoms with E-state index in [1.165, 1.54) is 19.3 Å². The molecule has 1 heterocycles. The van der Waals surface area contributed by atoms with Crippen LogP contribution in [0.1, 0.15) is 31.2 Å². The Bertz CT molecular complexity index is 397. The van der Waals surface area contributed by atoms with Crippen molar-refractivity contribution in [3.8, 4) is 5.75 Å². The molecular formula is C14H19Br2NO2. The fraction of sp³-hybridized carbons (Fsp3) is 0.571. The fourth-order valence-corrected chi connectivity index (χ4v) is 3.53. The average molecular weight is 393 g/mol. The van der Waals surface area contributed by atoms with Gasteiger partial charge in [-0.3, -0.25) is 0 Å². The van der Waals surface area contributed by atoms with Crippen LogP contribution >= 0.6 is 31.9 Å². The predicted octanol–water partition coefficient (Wildman–Crippen LogP) is 3.97. The Labute approximate surface area is 131 Å². The number of hydrogen-bond acceptors (Lipinski definition) is 3. The molecule has 1 aromatic rings. The molecule has 1 fully saturated rings. The molecule has 5 heteroatoms. The standard InChI is InChI=1S/C14H19Br2NO2/c15-12-7-10(8-13(16)14(12)18)9-17-5-4-11-3-1-2-6-19-11/h7-8,11,17-18H,1-6,9H2. The smallest absolute Gasteiger partial charge is 0.143 e. The van der Waals surface area contributed by atoms with Crippen LogP contribution < -0.4 is 5.32 Å². The van der Waals surface area contributed by atoms with Crippen LogP contribution in [0.3, 0.4) is 0 Å². The highest BCUT2D eigenvalue weighted by atomic mass is 79.9. The summed E-state index contributed by atoms with van der Waals surface area (Å²) in [5.74, 6) is 0.249. The van der Waals surface area contributed by atoms with Crippen molar-refractivity contribution in [2.45, 2.75) is 38.3 Å². The molecule has 0 bridgehead atoms. The fourth-order valence-electron chi connectivity index (χ4n) is 2.25. The highest BCUT2D eigenvalue weighted by Gasteiger charge is 2.13. The van der Waals surface area contributed by atoms with Crippen LogP contribution in [0.2, 0.25) is 0 Å². The topological polar surface area (TPSA) is 41.5 Å². The quantitative estimate of drug-likeness (QED) is 0.745. The lowest BCUT2D eigenvalue weighted by molar-refractivity contribution is 0.0115. The van der Waals surface area contributed by atoms with Crippen molar-refractivity contribution >= 4 is 31.9 Å². The van der Waals surface area contributed by atoms with Crippen LogP contribution in [0.15, 0.2) is 21.1 Å². The van der Waals surface area contributed by atoms with Gasteiger partial charge in [0.15, 0.2) is 0 Å². The van der Waals surface area contributed by atoms with Gasteiger partial charge in [0.1, 0.15) is 5.75 Å². The summed E-state index contributed by atoms with van der Waals surface area (Å²) in [5.41, 5.74) is 1.14. The van der Waals surface area contributed by atoms with Crippen LogP contribution in [0.5, 0.6) is 5.75 Å². The molecule has 0 aliphatic carbocycles. The molecule has 0 saturated carbocycles. The zero-order chi connectivity index (χ0) is 13.7. The molecule has 1 atom stereocenters. The number of hydrogen-bond donors (Lipinski definition) is 2. The molecule has 3 nitrogen and oxygen atoms in total. The van der Waals surface area contributed by atoms with E-state index in [1.807, 2.05) is 12.1 Å². The summed E-state index contributed by atoms with van der Waals surface area (Å²) >= 11 is 6.68. The van der Waals surface area contributed by atoms with Gasteiger partial charge < -0.3 is 15.2 Å². The number of rotatable bonds is 5. The maximum atomic E-state index is 9.64. The van der Waals surface area contributed by atoms with Gasteiger partial charge in [-0.2, -0.15) is 0 Å². The van der Waals surface area contributed by atoms with Crippen LogP contribution in [0, 0.1) is 0 Å². The first kappa shape index (κ1) is 15.3. The first-order valence-electron chi connectivity index (χ1n) is 6.66. The molecule has 2 rings (SSSR count). The lowest BCUT2D eigenvalue weighted by Crippen LogP contribution is -2.25. The van der Waals surface area contributed by atoms with E-state index in [0.717, 1.165) is 31.7 Å². The maximum absolute atomic E-state index is 9.64. The minimum Gasteiger partial charge on any atom is -0.506 e. The molecule has 0 spiro atoms. The molecule has 1 aromatic carbocycles. The second kappa shape index (κ2) is 7.62. The largest absolute Gasteiger partial charge is 0.506 e. The van der Waals surface area contributed by atoms with E-state index in [9.17, 15) is 5.11 Å². The minimum atomic E-state index is 0.249. The van der Waals surface area contributed by atoms with Gasteiger partial charge in [-0.15, -0.1) is 0 Å². The molecule has 1 unspecified atom stereocenters. The van der Waals surface area contributed by atoms with Crippen LogP contribution in [-0.2, 0) is 11.3 Å². The summed E-state index contributed by atoms with van der Waals surface area (Å²) in [6.45, 7) is 2.67. The van der Waals surface area contributed by atoms with Crippen molar-refractivity contribution in [3.05, 3.63) is 26.6 Å². The van der Waals surface area contributed by atoms with E-state index in [4.69, 9.17) is 4.74 Å². The average Bonchev–Trinajstić information content (AvgIpc) is 2.42. The van der Waals surface area contributed by atoms with Crippen molar-refractivity contribution < 1.29 is 9.84 Å². The van der Waals surface area contributed by atoms with Gasteiger partial charge >= 0.3 is 0 Å². The normalized spacial score (nSPS) is 19.6. The van der Waals surface area contributed by atoms with Crippen molar-refractivity contribution in [2.75, 3.05) is 13.2 Å². The Morgan fingerprint density at radius 1 is 1.26 bits per heavy atom. The van der Waals surface area contributed by atoms with E-state index < -0.39 is 0 Å². The molecule has 1 saturated heterocycles. The number of benzene rings is 1. The van der Waals surface area contributed by atoms with Gasteiger partial charge in [0.05, 0.1) is 15.0 Å². The maximum Gasteiger partial charge on any atom is 0.143 e. The molecule has 1 aliphatic heterocycles. The SMILES string of the molecule is Oc1c(Br)cc(CNCCC2CCCCO2)cc1Br. The van der Waals surface area contributed by atoms with Gasteiger partial charge in [-0.25, -0.2) is 0 Å². The first-order valence-corrected chi connectivity index (χ1v) is 8.24. The van der Waals surface area contributed by atoms with E-state index in [-0.39, 0.29) is 5.75 Å². The summed E-state index contributed by atoms with van der Waals surface area (Å²) in [6, 6.07) is 3.87. The molecule has 106 valence electrons. The summed E-state index contributed by atoms with van der Waals surface area (Å²) < 4.78 is 7.13. The van der Waals surface area contributed by atoms with Gasteiger partial charge in [0.2, 0.25) is 0 Å². The summed E-state index contributed by atoms with van der Waals surface area (Å²) in [6.07, 6.45) is 5.19. The first-order chi connectivity index (χ1) is 9.16. The van der Waals surface area contributed by atoms with Gasteiger partial charge in [-0.05, 0) is 81.8 Å². The molecular weight excluding hydrogens is 374 g/mol. The zero-order valence-corrected chi connectivity index (χ0v) is 14.0. The molecule has 0 radical (unpaired) electrons. The molecule has 2 N–H and O–H groups in total. The van der Waals surface area contributed by atoms with Crippen molar-refractivity contribution in [1.29, 1.82) is 0 Å². The van der Waals surface area contributed by atoms with Crippen molar-refractivity contribution in [2.24, 2.45) is 0 Å². The van der Waals surface area contributed by atoms with E-state index in [1.54, 1.807) is 0 Å². The summed E-state index contributed by atoms with van der Waals surface area (Å²) in [7, 11) is 0. The number of phenols is 1. The Morgan fingerprint density at radius 2 is 2.00 bits per heavy atom. The third-order valence-electron chi connectivity index (χ3n) is 3.32. The third-order valence-corrected chi connectivity index (χ3v) is 4.53. The number of ether oxygens (including phenoxy) is 1. The number of aromatic hydroxyl groups is 1. The Balaban J connectivity index is 1.73. The van der Waals surface area contributed by atoms with Gasteiger partial charge in [0, 0.05) is 13.2 Å². The predicted molar refractivity (Wildman–Crippen MR) is 83.4 cm³/mol. The second-order valence-corrected chi connectivity index (χ2v) is 6.57. The minimum absolute atomic E-state index is 0.249. The van der Waals surface area contributed by atoms with Crippen molar-refractivity contribution in [3.63, 3.8) is 0 Å². The molecule has 0 amide bonds. The van der Waals surface area contributed by atoms with Gasteiger partial charge in [-0.1, -0.05) is 0 Å². The van der Waals surface area contributed by atoms with Gasteiger partial charge in [0.25, 0.3) is 0 Å². The highest BCUT2D eigenvalue weighted by molar-refractivity contribution is 9.11. The van der Waals surface area contributed by atoms with E-state index >= 15 is 0 Å². The Hall–Kier alpha value is -0.100. The summed E-state index contributed by atoms with van der Waals surface area (Å²) in [4.78, 5) is 0. The summed E-state index contributed by atoms with van der Waals surface area (Å²) in [5, 5.41) is 13.1. The molecule has 19 heavy (non-hydrogen) atoms. The zero-order valence-electron chi connectivity index (χ0n) is 10.8. The van der Waals surface area contributed by atoms with Crippen LogP contribution in [0.4, 0.5) is 0 Å². The molecule has 1 aliphatic rings. The highest BCUT2D eigenvalue weighted by Crippen LogP contribution is 2.33. The monoisotopic (exact) mass is 391 g/mol. The second-order valence-electron chi connectivity index (χ2n) is 4.86. The lowest BCUT2D eigenvalue weighted by Gasteiger charge is -2.22. The number of nitrogens with one attached hydrogen (secondary N) is 1. The third kappa shape index (κ3) is 4.74. The number of halogens is 2. The van der Waals surface area contributed by atoms with E-state index in [0.29, 0.717) is 15.0 Å².